The molecule has 1 unspecified atom stereocenters. The fourth-order valence-corrected chi connectivity index (χ4v) is 2.88. The van der Waals surface area contributed by atoms with Crippen LogP contribution in [0.2, 0.25) is 10.0 Å². The summed E-state index contributed by atoms with van der Waals surface area (Å²) in [7, 11) is 0. The van der Waals surface area contributed by atoms with Gasteiger partial charge in [-0.1, -0.05) is 48.0 Å². The highest BCUT2D eigenvalue weighted by Gasteiger charge is 2.16. The van der Waals surface area contributed by atoms with Gasteiger partial charge in [-0.15, -0.1) is 6.58 Å². The first-order valence-corrected chi connectivity index (χ1v) is 9.22. The molecule has 0 aliphatic carbocycles. The topological polar surface area (TPSA) is 54.0 Å². The van der Waals surface area contributed by atoms with Crippen LogP contribution in [0.5, 0.6) is 0 Å². The molecular weight excluding hydrogens is 405 g/mol. The highest BCUT2D eigenvalue weighted by Crippen LogP contribution is 2.29. The van der Waals surface area contributed by atoms with Gasteiger partial charge in [0.05, 0.1) is 19.5 Å². The van der Waals surface area contributed by atoms with Crippen LogP contribution in [0.15, 0.2) is 79.0 Å². The van der Waals surface area contributed by atoms with Gasteiger partial charge in [-0.05, 0) is 18.2 Å². The Hall–Kier alpha value is -1.99. The second-order valence-electron chi connectivity index (χ2n) is 5.42. The molecule has 0 aliphatic heterocycles. The molecule has 0 aliphatic rings. The Morgan fingerprint density at radius 1 is 1.33 bits per heavy atom. The summed E-state index contributed by atoms with van der Waals surface area (Å²) < 4.78 is 8.42. The number of hydrogen-bond donors (Lipinski definition) is 1. The van der Waals surface area contributed by atoms with Gasteiger partial charge in [-0.3, -0.25) is 0 Å². The first-order chi connectivity index (χ1) is 13.0. The number of ether oxygens (including phenoxy) is 1. The van der Waals surface area contributed by atoms with Gasteiger partial charge in [0.1, 0.15) is 6.10 Å². The van der Waals surface area contributed by atoms with Crippen LogP contribution in [0.3, 0.4) is 0 Å². The third-order valence-corrected chi connectivity index (χ3v) is 4.37. The van der Waals surface area contributed by atoms with E-state index in [0.29, 0.717) is 33.0 Å². The van der Waals surface area contributed by atoms with E-state index in [0.717, 1.165) is 5.56 Å². The molecule has 0 radical (unpaired) electrons. The minimum atomic E-state index is -0.169. The van der Waals surface area contributed by atoms with Gasteiger partial charge in [0.25, 0.3) is 0 Å². The van der Waals surface area contributed by atoms with Crippen LogP contribution in [0.1, 0.15) is 11.7 Å². The molecule has 1 atom stereocenters. The van der Waals surface area contributed by atoms with Crippen LogP contribution in [0.4, 0.5) is 0 Å². The lowest BCUT2D eigenvalue weighted by Gasteiger charge is -2.19. The van der Waals surface area contributed by atoms with E-state index in [2.05, 4.69) is 24.2 Å². The van der Waals surface area contributed by atoms with Crippen molar-refractivity contribution >= 4 is 35.8 Å². The van der Waals surface area contributed by atoms with Crippen molar-refractivity contribution in [3.8, 4) is 0 Å². The van der Waals surface area contributed by atoms with Crippen molar-refractivity contribution in [1.29, 1.82) is 0 Å². The zero-order valence-electron chi connectivity index (χ0n) is 14.4. The van der Waals surface area contributed by atoms with Crippen molar-refractivity contribution < 1.29 is 9.47 Å². The Kier molecular flexibility index (Phi) is 8.67. The molecule has 3 aromatic rings. The molecule has 0 saturated heterocycles. The lowest BCUT2D eigenvalue weighted by atomic mass is 10.1. The number of pyridine rings is 1. The van der Waals surface area contributed by atoms with Gasteiger partial charge in [0, 0.05) is 40.1 Å². The SMILES string of the molecule is C=CCOC(Cn1ccnc1)c1ccc(Cl)cc1Cl.[O-][n+]1ccccc1S. The third-order valence-electron chi connectivity index (χ3n) is 3.46. The van der Waals surface area contributed by atoms with E-state index < -0.39 is 0 Å². The largest absolute Gasteiger partial charge is 0.618 e. The molecule has 2 aromatic heterocycles. The molecule has 142 valence electrons. The van der Waals surface area contributed by atoms with Gasteiger partial charge in [-0.2, -0.15) is 4.73 Å². The molecule has 27 heavy (non-hydrogen) atoms. The summed E-state index contributed by atoms with van der Waals surface area (Å²) in [6.07, 6.45) is 8.31. The molecular formula is C19H19Cl2N3O2S. The van der Waals surface area contributed by atoms with Gasteiger partial charge in [0.2, 0.25) is 5.03 Å². The molecule has 2 heterocycles. The number of imidazole rings is 1. The Labute approximate surface area is 173 Å². The Morgan fingerprint density at radius 2 is 2.15 bits per heavy atom. The van der Waals surface area contributed by atoms with E-state index in [1.165, 1.54) is 6.20 Å². The first kappa shape index (κ1) is 21.3. The number of aromatic nitrogens is 3. The normalized spacial score (nSPS) is 11.4. The van der Waals surface area contributed by atoms with E-state index in [1.807, 2.05) is 16.8 Å². The maximum absolute atomic E-state index is 10.5. The average molecular weight is 424 g/mol. The monoisotopic (exact) mass is 423 g/mol. The van der Waals surface area contributed by atoms with Crippen LogP contribution in [-0.2, 0) is 11.3 Å². The summed E-state index contributed by atoms with van der Waals surface area (Å²) in [5.41, 5.74) is 0.904. The number of halogens is 2. The van der Waals surface area contributed by atoms with E-state index in [-0.39, 0.29) is 6.10 Å². The molecule has 0 saturated carbocycles. The minimum absolute atomic E-state index is 0.169. The smallest absolute Gasteiger partial charge is 0.248 e. The van der Waals surface area contributed by atoms with Crippen molar-refractivity contribution in [2.75, 3.05) is 6.61 Å². The van der Waals surface area contributed by atoms with Crippen LogP contribution < -0.4 is 4.73 Å². The number of benzene rings is 1. The van der Waals surface area contributed by atoms with E-state index in [1.54, 1.807) is 48.9 Å². The summed E-state index contributed by atoms with van der Waals surface area (Å²) >= 11 is 16.0. The van der Waals surface area contributed by atoms with Crippen LogP contribution >= 0.6 is 35.8 Å². The molecule has 1 aromatic carbocycles. The highest BCUT2D eigenvalue weighted by atomic mass is 35.5. The quantitative estimate of drug-likeness (QED) is 0.269. The van der Waals surface area contributed by atoms with Gasteiger partial charge < -0.3 is 14.5 Å². The van der Waals surface area contributed by atoms with Crippen molar-refractivity contribution in [3.63, 3.8) is 0 Å². The predicted molar refractivity (Wildman–Crippen MR) is 110 cm³/mol. The predicted octanol–water partition coefficient (Wildman–Crippen LogP) is 4.74. The maximum atomic E-state index is 10.5. The second kappa shape index (κ2) is 11.0. The van der Waals surface area contributed by atoms with Gasteiger partial charge in [-0.25, -0.2) is 4.98 Å². The molecule has 0 N–H and O–H groups in total. The summed E-state index contributed by atoms with van der Waals surface area (Å²) in [4.78, 5) is 4.02. The number of nitrogens with zero attached hydrogens (tertiary/aromatic N) is 3. The second-order valence-corrected chi connectivity index (χ2v) is 6.72. The summed E-state index contributed by atoms with van der Waals surface area (Å²) in [6, 6.07) is 10.5. The van der Waals surface area contributed by atoms with Crippen molar-refractivity contribution in [1.82, 2.24) is 9.55 Å². The Bertz CT molecular complexity index is 839. The van der Waals surface area contributed by atoms with Crippen LogP contribution in [-0.4, -0.2) is 16.2 Å². The molecule has 0 fully saturated rings. The molecule has 5 nitrogen and oxygen atoms in total. The van der Waals surface area contributed by atoms with Crippen molar-refractivity contribution in [2.24, 2.45) is 0 Å². The Morgan fingerprint density at radius 3 is 2.70 bits per heavy atom. The fraction of sp³-hybridized carbons (Fsp3) is 0.158. The summed E-state index contributed by atoms with van der Waals surface area (Å²) in [5.74, 6) is 0. The van der Waals surface area contributed by atoms with E-state index in [4.69, 9.17) is 27.9 Å². The zero-order valence-corrected chi connectivity index (χ0v) is 16.8. The molecule has 0 spiro atoms. The van der Waals surface area contributed by atoms with Gasteiger partial charge >= 0.3 is 0 Å². The van der Waals surface area contributed by atoms with Crippen molar-refractivity contribution in [3.05, 3.63) is 94.8 Å². The molecule has 3 rings (SSSR count). The highest BCUT2D eigenvalue weighted by molar-refractivity contribution is 7.80. The van der Waals surface area contributed by atoms with Crippen molar-refractivity contribution in [2.45, 2.75) is 17.7 Å². The molecule has 0 bridgehead atoms. The third kappa shape index (κ3) is 6.92. The summed E-state index contributed by atoms with van der Waals surface area (Å²) in [5, 5.41) is 12.1. The minimum Gasteiger partial charge on any atom is -0.618 e. The standard InChI is InChI=1S/C14H14Cl2N2O.C5H5NOS/c1-2-7-19-14(9-18-6-5-17-10-18)12-4-3-11(15)8-13(12)16;7-6-4-2-1-3-5(6)8/h2-6,8,10,14H,1,7,9H2;1-4,8H. The summed E-state index contributed by atoms with van der Waals surface area (Å²) in [6.45, 7) is 4.75. The van der Waals surface area contributed by atoms with E-state index in [9.17, 15) is 5.21 Å². The van der Waals surface area contributed by atoms with Crippen LogP contribution in [0, 0.1) is 5.21 Å². The lowest BCUT2D eigenvalue weighted by Crippen LogP contribution is -2.26. The molecule has 8 heteroatoms. The van der Waals surface area contributed by atoms with Crippen LogP contribution in [0.25, 0.3) is 0 Å². The average Bonchev–Trinajstić information content (AvgIpc) is 3.15. The Balaban J connectivity index is 0.000000273. The fourth-order valence-electron chi connectivity index (χ4n) is 2.19. The number of thiol groups is 1. The molecule has 0 amide bonds. The number of hydrogen-bond acceptors (Lipinski definition) is 4. The zero-order chi connectivity index (χ0) is 19.6. The first-order valence-electron chi connectivity index (χ1n) is 8.01. The number of rotatable bonds is 6. The lowest BCUT2D eigenvalue weighted by molar-refractivity contribution is -0.645. The van der Waals surface area contributed by atoms with Gasteiger partial charge in [0.15, 0.2) is 6.20 Å². The van der Waals surface area contributed by atoms with E-state index >= 15 is 0 Å². The maximum Gasteiger partial charge on any atom is 0.248 e.